The summed E-state index contributed by atoms with van der Waals surface area (Å²) in [5.74, 6) is -1.99. The number of carbonyl (C=O) groups excluding carboxylic acids is 2. The Morgan fingerprint density at radius 1 is 1.17 bits per heavy atom. The van der Waals surface area contributed by atoms with Crippen LogP contribution in [0.2, 0.25) is 0 Å². The molecule has 0 rings (SSSR count). The molecule has 0 aliphatic rings. The second-order valence-electron chi connectivity index (χ2n) is 3.38. The smallest absolute Gasteiger partial charge is 1.00 e. The Hall–Kier alpha value is -0.590. The minimum atomic E-state index is -0.951. The summed E-state index contributed by atoms with van der Waals surface area (Å²) < 4.78 is 9.40. The predicted octanol–water partition coefficient (Wildman–Crippen LogP) is 0.748. The average molecular weight is 286 g/mol. The van der Waals surface area contributed by atoms with Crippen molar-refractivity contribution in [2.45, 2.75) is 26.2 Å². The third-order valence-corrected chi connectivity index (χ3v) is 1.70. The summed E-state index contributed by atoms with van der Waals surface area (Å²) in [7, 11) is 0. The molecule has 100 valence electrons. The van der Waals surface area contributed by atoms with E-state index in [1.807, 2.05) is 0 Å². The first-order valence-corrected chi connectivity index (χ1v) is 5.13. The van der Waals surface area contributed by atoms with Crippen molar-refractivity contribution in [1.29, 1.82) is 0 Å². The third-order valence-electron chi connectivity index (χ3n) is 1.70. The van der Waals surface area contributed by atoms with Gasteiger partial charge in [-0.3, -0.25) is 9.59 Å². The minimum absolute atomic E-state index is 0. The molecule has 0 spiro atoms. The first-order valence-electron chi connectivity index (χ1n) is 5.13. The van der Waals surface area contributed by atoms with Gasteiger partial charge in [-0.1, -0.05) is 6.58 Å². The molecule has 0 radical (unpaired) electrons. The molecule has 0 bridgehead atoms. The first kappa shape index (κ1) is 19.7. The van der Waals surface area contributed by atoms with Gasteiger partial charge in [0.25, 0.3) is 0 Å². The zero-order chi connectivity index (χ0) is 13.3. The Bertz CT molecular complexity index is 322. The predicted molar refractivity (Wildman–Crippen MR) is 66.2 cm³/mol. The van der Waals surface area contributed by atoms with Gasteiger partial charge in [-0.15, -0.1) is 0 Å². The van der Waals surface area contributed by atoms with Crippen LogP contribution >= 0.6 is 0 Å². The Kier molecular flexibility index (Phi) is 12.6. The van der Waals surface area contributed by atoms with Crippen LogP contribution in [0.1, 0.15) is 29.0 Å². The zero-order valence-electron chi connectivity index (χ0n) is 12.4. The van der Waals surface area contributed by atoms with Gasteiger partial charge in [0.15, 0.2) is 0 Å². The maximum Gasteiger partial charge on any atom is 2.00 e. The van der Waals surface area contributed by atoms with Gasteiger partial charge >= 0.3 is 55.6 Å². The van der Waals surface area contributed by atoms with Crippen molar-refractivity contribution in [3.63, 3.8) is 0 Å². The maximum atomic E-state index is 11.0. The Labute approximate surface area is 138 Å². The van der Waals surface area contributed by atoms with E-state index in [1.165, 1.54) is 6.92 Å². The van der Waals surface area contributed by atoms with Gasteiger partial charge in [-0.2, -0.15) is 0 Å². The molecular formula is C11H18CaO6. The van der Waals surface area contributed by atoms with Gasteiger partial charge in [0.05, 0.1) is 0 Å². The quantitative estimate of drug-likeness (QED) is 0.306. The standard InChI is InChI=1S/C11H16O6.Ca.2H/c1-8(2)11(15)17-7-6-16-10(14)5-3-4-9(12)13;;;/h1,3-7H2,2H3,(H,12,13);;;/q;+2;2*-1. The molecule has 0 amide bonds. The molecule has 0 unspecified atom stereocenters. The molecule has 0 fully saturated rings. The van der Waals surface area contributed by atoms with Crippen molar-refractivity contribution in [3.05, 3.63) is 12.2 Å². The molecule has 0 aliphatic heterocycles. The molecule has 0 saturated heterocycles. The van der Waals surface area contributed by atoms with Crippen LogP contribution in [0.15, 0.2) is 12.2 Å². The minimum Gasteiger partial charge on any atom is -1.00 e. The van der Waals surface area contributed by atoms with E-state index in [2.05, 4.69) is 11.3 Å². The molecule has 0 heterocycles. The van der Waals surface area contributed by atoms with E-state index in [-0.39, 0.29) is 78.6 Å². The monoisotopic (exact) mass is 286 g/mol. The number of carboxylic acids is 1. The summed E-state index contributed by atoms with van der Waals surface area (Å²) in [6.07, 6.45) is 0.209. The molecular weight excluding hydrogens is 268 g/mol. The second-order valence-corrected chi connectivity index (χ2v) is 3.38. The fraction of sp³-hybridized carbons (Fsp3) is 0.545. The number of aliphatic carboxylic acids is 1. The largest absolute Gasteiger partial charge is 2.00 e. The van der Waals surface area contributed by atoms with E-state index in [4.69, 9.17) is 9.84 Å². The topological polar surface area (TPSA) is 89.9 Å². The van der Waals surface area contributed by atoms with Crippen LogP contribution in [0, 0.1) is 0 Å². The number of hydrogen-bond acceptors (Lipinski definition) is 5. The number of carbonyl (C=O) groups is 3. The summed E-state index contributed by atoms with van der Waals surface area (Å²) in [4.78, 5) is 32.1. The van der Waals surface area contributed by atoms with E-state index in [9.17, 15) is 14.4 Å². The van der Waals surface area contributed by atoms with E-state index in [0.717, 1.165) is 0 Å². The Morgan fingerprint density at radius 3 is 2.22 bits per heavy atom. The first-order chi connectivity index (χ1) is 7.93. The molecule has 1 N–H and O–H groups in total. The molecule has 0 aromatic rings. The third kappa shape index (κ3) is 11.9. The molecule has 0 saturated carbocycles. The van der Waals surface area contributed by atoms with Crippen molar-refractivity contribution >= 4 is 55.6 Å². The number of hydrogen-bond donors (Lipinski definition) is 1. The average Bonchev–Trinajstić information content (AvgIpc) is 2.23. The Morgan fingerprint density at radius 2 is 1.72 bits per heavy atom. The van der Waals surface area contributed by atoms with Crippen molar-refractivity contribution in [2.75, 3.05) is 13.2 Å². The molecule has 7 heteroatoms. The van der Waals surface area contributed by atoms with Crippen LogP contribution in [-0.2, 0) is 23.9 Å². The number of esters is 2. The summed E-state index contributed by atoms with van der Waals surface area (Å²) in [6.45, 7) is 4.83. The normalized spacial score (nSPS) is 8.94. The number of ether oxygens (including phenoxy) is 2. The molecule has 0 atom stereocenters. The molecule has 6 nitrogen and oxygen atoms in total. The van der Waals surface area contributed by atoms with Crippen LogP contribution in [0.3, 0.4) is 0 Å². The summed E-state index contributed by atoms with van der Waals surface area (Å²) >= 11 is 0. The number of carboxylic acid groups (broad SMARTS) is 1. The Balaban J connectivity index is -0.000000427. The summed E-state index contributed by atoms with van der Waals surface area (Å²) in [5, 5.41) is 8.34. The summed E-state index contributed by atoms with van der Waals surface area (Å²) in [6, 6.07) is 0. The van der Waals surface area contributed by atoms with Gasteiger partial charge < -0.3 is 17.4 Å². The van der Waals surface area contributed by atoms with Crippen molar-refractivity contribution < 1.29 is 31.8 Å². The van der Waals surface area contributed by atoms with Crippen LogP contribution in [0.25, 0.3) is 0 Å². The fourth-order valence-corrected chi connectivity index (χ4v) is 0.869. The van der Waals surface area contributed by atoms with E-state index in [0.29, 0.717) is 0 Å². The van der Waals surface area contributed by atoms with Gasteiger partial charge in [0, 0.05) is 18.4 Å². The van der Waals surface area contributed by atoms with E-state index in [1.54, 1.807) is 0 Å². The number of rotatable bonds is 8. The van der Waals surface area contributed by atoms with Gasteiger partial charge in [0.1, 0.15) is 13.2 Å². The SMILES string of the molecule is C=C(C)C(=O)OCCOC(=O)CCCC(=O)O.[Ca+2].[H-].[H-]. The van der Waals surface area contributed by atoms with Crippen LogP contribution in [0.5, 0.6) is 0 Å². The van der Waals surface area contributed by atoms with Crippen LogP contribution < -0.4 is 0 Å². The van der Waals surface area contributed by atoms with Gasteiger partial charge in [-0.25, -0.2) is 4.79 Å². The summed E-state index contributed by atoms with van der Waals surface area (Å²) in [5.41, 5.74) is 0.276. The van der Waals surface area contributed by atoms with Crippen LogP contribution in [-0.4, -0.2) is 74.0 Å². The fourth-order valence-electron chi connectivity index (χ4n) is 0.869. The molecule has 0 aromatic heterocycles. The second kappa shape index (κ2) is 11.5. The molecule has 18 heavy (non-hydrogen) atoms. The van der Waals surface area contributed by atoms with E-state index >= 15 is 0 Å². The molecule has 0 aliphatic carbocycles. The van der Waals surface area contributed by atoms with Crippen molar-refractivity contribution in [2.24, 2.45) is 0 Å². The zero-order valence-corrected chi connectivity index (χ0v) is 12.6. The van der Waals surface area contributed by atoms with Crippen molar-refractivity contribution in [1.82, 2.24) is 0 Å². The van der Waals surface area contributed by atoms with Gasteiger partial charge in [-0.05, 0) is 13.3 Å². The molecule has 0 aromatic carbocycles. The maximum absolute atomic E-state index is 11.0. The van der Waals surface area contributed by atoms with Gasteiger partial charge in [0.2, 0.25) is 0 Å². The van der Waals surface area contributed by atoms with E-state index < -0.39 is 17.9 Å². The van der Waals surface area contributed by atoms with Crippen molar-refractivity contribution in [3.8, 4) is 0 Å². The van der Waals surface area contributed by atoms with Crippen LogP contribution in [0.4, 0.5) is 0 Å².